The molecule has 5 aliphatic carbocycles. The van der Waals surface area contributed by atoms with Crippen molar-refractivity contribution in [3.8, 4) is 6.07 Å². The molecule has 0 saturated heterocycles. The molecular formula is C34H47NO6. The summed E-state index contributed by atoms with van der Waals surface area (Å²) < 4.78 is 16.3. The quantitative estimate of drug-likeness (QED) is 0.230. The molecule has 0 bridgehead atoms. The van der Waals surface area contributed by atoms with Crippen molar-refractivity contribution in [3.63, 3.8) is 0 Å². The van der Waals surface area contributed by atoms with Crippen LogP contribution in [-0.4, -0.2) is 45.2 Å². The monoisotopic (exact) mass is 565 g/mol. The second-order valence-corrected chi connectivity index (χ2v) is 15.4. The van der Waals surface area contributed by atoms with Gasteiger partial charge in [0.1, 0.15) is 12.9 Å². The molecule has 8 atom stereocenters. The minimum absolute atomic E-state index is 0.0352. The maximum atomic E-state index is 14.5. The first-order chi connectivity index (χ1) is 19.1. The highest BCUT2D eigenvalue weighted by molar-refractivity contribution is 6.05. The van der Waals surface area contributed by atoms with Gasteiger partial charge in [-0.25, -0.2) is 0 Å². The van der Waals surface area contributed by atoms with Crippen LogP contribution in [0.5, 0.6) is 0 Å². The van der Waals surface area contributed by atoms with Crippen molar-refractivity contribution in [2.24, 2.45) is 50.2 Å². The number of Topliss-reactive ketones (excluding diaryl/α,β-unsaturated/α-hetero) is 1. The number of hydrogen-bond acceptors (Lipinski definition) is 7. The summed E-state index contributed by atoms with van der Waals surface area (Å²) in [5.74, 6) is -0.781. The molecule has 3 unspecified atom stereocenters. The number of ketones is 2. The number of methoxy groups -OCH3 is 2. The third-order valence-electron chi connectivity index (χ3n) is 12.9. The number of hydrogen-bond donors (Lipinski definition) is 0. The number of nitrogens with zero attached hydrogens (tertiary/aromatic N) is 1. The lowest BCUT2D eigenvalue weighted by Crippen LogP contribution is -2.66. The number of esters is 1. The van der Waals surface area contributed by atoms with Crippen LogP contribution in [-0.2, 0) is 28.6 Å². The van der Waals surface area contributed by atoms with Gasteiger partial charge in [0, 0.05) is 18.4 Å². The van der Waals surface area contributed by atoms with Gasteiger partial charge in [0.15, 0.2) is 11.6 Å². The van der Waals surface area contributed by atoms with Crippen LogP contribution in [0.3, 0.4) is 0 Å². The van der Waals surface area contributed by atoms with E-state index in [4.69, 9.17) is 14.2 Å². The molecule has 0 aromatic heterocycles. The smallest absolute Gasteiger partial charge is 0.312 e. The summed E-state index contributed by atoms with van der Waals surface area (Å²) in [5.41, 5.74) is -1.72. The average molecular weight is 566 g/mol. The Hall–Kier alpha value is -2.30. The zero-order chi connectivity index (χ0) is 30.2. The molecule has 0 N–H and O–H groups in total. The zero-order valence-electron chi connectivity index (χ0n) is 26.1. The Morgan fingerprint density at radius 1 is 1.02 bits per heavy atom. The maximum absolute atomic E-state index is 14.5. The summed E-state index contributed by atoms with van der Waals surface area (Å²) in [6, 6.07) is 2.17. The van der Waals surface area contributed by atoms with Gasteiger partial charge in [-0.3, -0.25) is 14.4 Å². The lowest BCUT2D eigenvalue weighted by molar-refractivity contribution is -0.191. The first-order valence-corrected chi connectivity index (χ1v) is 15.2. The summed E-state index contributed by atoms with van der Waals surface area (Å²) in [7, 11) is 3.02. The van der Waals surface area contributed by atoms with Gasteiger partial charge in [-0.15, -0.1) is 0 Å². The molecule has 3 fully saturated rings. The highest BCUT2D eigenvalue weighted by Crippen LogP contribution is 2.74. The minimum atomic E-state index is -0.921. The van der Waals surface area contributed by atoms with E-state index in [0.29, 0.717) is 6.42 Å². The second kappa shape index (κ2) is 9.61. The summed E-state index contributed by atoms with van der Waals surface area (Å²) in [6.45, 7) is 13.3. The standard InChI is InChI=1S/C34H47NO6/c1-29(2)11-13-34(28(38)40-8)14-12-33(6)26(22(34)17-29)23(36)15-25-30(3)16-21(18-35)27(37)31(4,19-41-20-39-7)24(30)9-10-32(25,33)5/h15-16,22,24,26H,9-14,17,19-20H2,1-8H3/t22?,24?,26?,30-,31+,32+,33+,34-/m0/s1. The van der Waals surface area contributed by atoms with Gasteiger partial charge in [0.05, 0.1) is 30.1 Å². The van der Waals surface area contributed by atoms with E-state index in [1.54, 1.807) is 7.11 Å². The van der Waals surface area contributed by atoms with Crippen LogP contribution in [0.1, 0.15) is 86.5 Å². The third kappa shape index (κ3) is 3.92. The molecule has 41 heavy (non-hydrogen) atoms. The summed E-state index contributed by atoms with van der Waals surface area (Å²) in [6.07, 6.45) is 9.28. The number of nitriles is 1. The molecular weight excluding hydrogens is 518 g/mol. The number of carbonyl (C=O) groups excluding carboxylic acids is 3. The zero-order valence-corrected chi connectivity index (χ0v) is 26.1. The maximum Gasteiger partial charge on any atom is 0.312 e. The van der Waals surface area contributed by atoms with Crippen LogP contribution in [0.25, 0.3) is 0 Å². The molecule has 0 heterocycles. The first kappa shape index (κ1) is 30.2. The largest absolute Gasteiger partial charge is 0.469 e. The minimum Gasteiger partial charge on any atom is -0.469 e. The number of rotatable bonds is 5. The van der Waals surface area contributed by atoms with Crippen molar-refractivity contribution in [1.82, 2.24) is 0 Å². The highest BCUT2D eigenvalue weighted by Gasteiger charge is 2.71. The second-order valence-electron chi connectivity index (χ2n) is 15.4. The lowest BCUT2D eigenvalue weighted by atomic mass is 9.34. The van der Waals surface area contributed by atoms with E-state index < -0.39 is 16.2 Å². The van der Waals surface area contributed by atoms with Crippen molar-refractivity contribution in [2.45, 2.75) is 86.5 Å². The van der Waals surface area contributed by atoms with Crippen LogP contribution in [0.2, 0.25) is 0 Å². The van der Waals surface area contributed by atoms with Crippen molar-refractivity contribution in [2.75, 3.05) is 27.6 Å². The molecule has 3 saturated carbocycles. The fraction of sp³-hybridized carbons (Fsp3) is 0.765. The van der Waals surface area contributed by atoms with Crippen molar-refractivity contribution in [1.29, 1.82) is 5.26 Å². The SMILES string of the molecule is COCOC[C@@]1(C)C(=O)C(C#N)=C[C@]2(C)C3=CC(=O)C4C5CC(C)(C)CC[C@]5(C(=O)OC)CC[C@@]4(C)[C@]3(C)CCC12. The summed E-state index contributed by atoms with van der Waals surface area (Å²) in [5, 5.41) is 10.1. The lowest BCUT2D eigenvalue weighted by Gasteiger charge is -2.68. The third-order valence-corrected chi connectivity index (χ3v) is 12.9. The van der Waals surface area contributed by atoms with Crippen LogP contribution in [0.4, 0.5) is 0 Å². The molecule has 0 radical (unpaired) electrons. The summed E-state index contributed by atoms with van der Waals surface area (Å²) >= 11 is 0. The van der Waals surface area contributed by atoms with Gasteiger partial charge in [-0.05, 0) is 86.0 Å². The first-order valence-electron chi connectivity index (χ1n) is 15.2. The van der Waals surface area contributed by atoms with E-state index >= 15 is 0 Å². The van der Waals surface area contributed by atoms with Gasteiger partial charge in [0.2, 0.25) is 0 Å². The Morgan fingerprint density at radius 3 is 2.34 bits per heavy atom. The number of ether oxygens (including phenoxy) is 3. The molecule has 5 rings (SSSR count). The van der Waals surface area contributed by atoms with Gasteiger partial charge in [-0.1, -0.05) is 46.3 Å². The predicted octanol–water partition coefficient (Wildman–Crippen LogP) is 5.98. The van der Waals surface area contributed by atoms with Gasteiger partial charge in [0.25, 0.3) is 0 Å². The summed E-state index contributed by atoms with van der Waals surface area (Å²) in [4.78, 5) is 41.7. The number of carbonyl (C=O) groups is 3. The molecule has 0 aromatic rings. The Morgan fingerprint density at radius 2 is 1.71 bits per heavy atom. The van der Waals surface area contributed by atoms with E-state index in [1.807, 2.05) is 19.1 Å². The van der Waals surface area contributed by atoms with E-state index in [-0.39, 0.29) is 70.5 Å². The molecule has 224 valence electrons. The average Bonchev–Trinajstić information content (AvgIpc) is 2.91. The van der Waals surface area contributed by atoms with Crippen LogP contribution in [0.15, 0.2) is 23.3 Å². The normalized spacial score (nSPS) is 44.7. The molecule has 0 amide bonds. The number of allylic oxidation sites excluding steroid dienone is 4. The van der Waals surface area contributed by atoms with Crippen molar-refractivity contribution < 1.29 is 28.6 Å². The van der Waals surface area contributed by atoms with E-state index in [2.05, 4.69) is 40.7 Å². The van der Waals surface area contributed by atoms with Crippen LogP contribution < -0.4 is 0 Å². The van der Waals surface area contributed by atoms with E-state index in [0.717, 1.165) is 44.1 Å². The number of fused-ring (bicyclic) bond motifs is 7. The van der Waals surface area contributed by atoms with Gasteiger partial charge in [-0.2, -0.15) is 5.26 Å². The molecule has 5 aliphatic rings. The topological polar surface area (TPSA) is 103 Å². The van der Waals surface area contributed by atoms with Crippen LogP contribution >= 0.6 is 0 Å². The molecule has 7 nitrogen and oxygen atoms in total. The molecule has 7 heteroatoms. The Labute approximate surface area is 245 Å². The molecule has 0 spiro atoms. The molecule has 0 aliphatic heterocycles. The van der Waals surface area contributed by atoms with Gasteiger partial charge >= 0.3 is 5.97 Å². The Kier molecular flexibility index (Phi) is 7.07. The fourth-order valence-corrected chi connectivity index (χ4v) is 10.5. The van der Waals surface area contributed by atoms with Gasteiger partial charge < -0.3 is 14.2 Å². The van der Waals surface area contributed by atoms with Crippen LogP contribution in [0, 0.1) is 61.6 Å². The van der Waals surface area contributed by atoms with Crippen molar-refractivity contribution >= 4 is 17.5 Å². The Balaban J connectivity index is 1.66. The van der Waals surface area contributed by atoms with E-state index in [9.17, 15) is 19.6 Å². The fourth-order valence-electron chi connectivity index (χ4n) is 10.5. The highest BCUT2D eigenvalue weighted by atomic mass is 16.7. The Bertz CT molecular complexity index is 1270. The van der Waals surface area contributed by atoms with E-state index in [1.165, 1.54) is 7.11 Å². The van der Waals surface area contributed by atoms with Crippen molar-refractivity contribution in [3.05, 3.63) is 23.3 Å². The predicted molar refractivity (Wildman–Crippen MR) is 153 cm³/mol. The molecule has 0 aromatic carbocycles.